The molecule has 4 rings (SSSR count). The lowest BCUT2D eigenvalue weighted by atomic mass is 9.98. The van der Waals surface area contributed by atoms with Crippen molar-refractivity contribution in [3.05, 3.63) is 89.0 Å². The predicted molar refractivity (Wildman–Crippen MR) is 130 cm³/mol. The summed E-state index contributed by atoms with van der Waals surface area (Å²) in [6.07, 6.45) is -2.85. The largest absolute Gasteiger partial charge is 0.449 e. The van der Waals surface area contributed by atoms with Gasteiger partial charge >= 0.3 is 6.09 Å². The molecule has 2 atom stereocenters. The molecule has 3 aromatic rings. The summed E-state index contributed by atoms with van der Waals surface area (Å²) in [6.45, 7) is 1.70. The Labute approximate surface area is 198 Å². The average molecular weight is 461 g/mol. The molecule has 0 aliphatic heterocycles. The van der Waals surface area contributed by atoms with Gasteiger partial charge in [0.1, 0.15) is 12.7 Å². The molecule has 3 aromatic carbocycles. The number of alkyl carbamates (subject to hydrolysis) is 1. The number of nitrogens with one attached hydrogen (secondary N) is 1. The minimum atomic E-state index is -1.22. The van der Waals surface area contributed by atoms with Crippen molar-refractivity contribution in [2.24, 2.45) is 0 Å². The number of benzene rings is 3. The summed E-state index contributed by atoms with van der Waals surface area (Å²) >= 11 is 0. The molecule has 7 heteroatoms. The molecule has 1 aliphatic carbocycles. The maximum atomic E-state index is 12.3. The molecule has 0 saturated heterocycles. The summed E-state index contributed by atoms with van der Waals surface area (Å²) in [6, 6.07) is 20.8. The molecule has 1 amide bonds. The minimum absolute atomic E-state index is 0.0356. The van der Waals surface area contributed by atoms with E-state index in [4.69, 9.17) is 10.5 Å². The van der Waals surface area contributed by atoms with Crippen LogP contribution in [0, 0.1) is 0 Å². The average Bonchev–Trinajstić information content (AvgIpc) is 3.16. The Kier molecular flexibility index (Phi) is 6.95. The molecular formula is C27H28N2O5. The Morgan fingerprint density at radius 1 is 1.00 bits per heavy atom. The molecule has 7 nitrogen and oxygen atoms in total. The van der Waals surface area contributed by atoms with Crippen LogP contribution >= 0.6 is 0 Å². The standard InChI is InChI=1S/C27H28N2O5/c1-16(30)22-14-17(10-11-24(22)28)26(32)25(31)12-13-29-27(33)34-15-23-20-8-4-2-6-18(20)19-7-3-5-9-21(19)23/h2-11,14,23,25-26,31-32H,12-13,15,28H2,1H3,(H,29,33). The van der Waals surface area contributed by atoms with Crippen molar-refractivity contribution in [3.63, 3.8) is 0 Å². The predicted octanol–water partition coefficient (Wildman–Crippen LogP) is 3.79. The van der Waals surface area contributed by atoms with Gasteiger partial charge in [0, 0.05) is 23.7 Å². The molecule has 2 unspecified atom stereocenters. The van der Waals surface area contributed by atoms with Crippen LogP contribution in [-0.2, 0) is 4.74 Å². The first-order chi connectivity index (χ1) is 16.4. The Morgan fingerprint density at radius 3 is 2.24 bits per heavy atom. The van der Waals surface area contributed by atoms with E-state index in [1.54, 1.807) is 6.07 Å². The lowest BCUT2D eigenvalue weighted by Gasteiger charge is -2.19. The van der Waals surface area contributed by atoms with Gasteiger partial charge < -0.3 is 26.0 Å². The molecule has 0 heterocycles. The fourth-order valence-electron chi connectivity index (χ4n) is 4.41. The van der Waals surface area contributed by atoms with Gasteiger partial charge in [0.25, 0.3) is 0 Å². The van der Waals surface area contributed by atoms with Crippen LogP contribution < -0.4 is 11.1 Å². The summed E-state index contributed by atoms with van der Waals surface area (Å²) in [5.74, 6) is -0.260. The van der Waals surface area contributed by atoms with Crippen LogP contribution in [0.1, 0.15) is 52.4 Å². The van der Waals surface area contributed by atoms with E-state index in [2.05, 4.69) is 17.4 Å². The highest BCUT2D eigenvalue weighted by Crippen LogP contribution is 2.44. The van der Waals surface area contributed by atoms with Crippen molar-refractivity contribution in [3.8, 4) is 11.1 Å². The van der Waals surface area contributed by atoms with Crippen LogP contribution in [-0.4, -0.2) is 41.3 Å². The number of carbonyl (C=O) groups excluding carboxylic acids is 2. The van der Waals surface area contributed by atoms with E-state index >= 15 is 0 Å². The topological polar surface area (TPSA) is 122 Å². The molecule has 34 heavy (non-hydrogen) atoms. The van der Waals surface area contributed by atoms with E-state index in [1.165, 1.54) is 19.1 Å². The lowest BCUT2D eigenvalue weighted by molar-refractivity contribution is 0.0136. The number of aliphatic hydroxyl groups is 2. The number of nitrogens with two attached hydrogens (primary N) is 1. The number of amides is 1. The number of ether oxygens (including phenoxy) is 1. The number of fused-ring (bicyclic) bond motifs is 3. The van der Waals surface area contributed by atoms with Crippen LogP contribution in [0.5, 0.6) is 0 Å². The third kappa shape index (κ3) is 4.81. The SMILES string of the molecule is CC(=O)c1cc(C(O)C(O)CCNC(=O)OCC2c3ccccc3-c3ccccc32)ccc1N. The van der Waals surface area contributed by atoms with Crippen molar-refractivity contribution in [2.45, 2.75) is 31.5 Å². The summed E-state index contributed by atoms with van der Waals surface area (Å²) in [5, 5.41) is 23.4. The zero-order chi connectivity index (χ0) is 24.2. The zero-order valence-corrected chi connectivity index (χ0v) is 18.9. The van der Waals surface area contributed by atoms with Gasteiger partial charge in [-0.05, 0) is 53.3 Å². The van der Waals surface area contributed by atoms with Gasteiger partial charge in [-0.1, -0.05) is 54.6 Å². The van der Waals surface area contributed by atoms with Crippen molar-refractivity contribution in [1.82, 2.24) is 5.32 Å². The molecule has 176 valence electrons. The van der Waals surface area contributed by atoms with Gasteiger partial charge in [-0.3, -0.25) is 4.79 Å². The minimum Gasteiger partial charge on any atom is -0.449 e. The van der Waals surface area contributed by atoms with Crippen LogP contribution in [0.4, 0.5) is 10.5 Å². The second kappa shape index (κ2) is 10.1. The van der Waals surface area contributed by atoms with Crippen molar-refractivity contribution in [1.29, 1.82) is 0 Å². The van der Waals surface area contributed by atoms with Crippen molar-refractivity contribution < 1.29 is 24.5 Å². The first-order valence-corrected chi connectivity index (χ1v) is 11.2. The van der Waals surface area contributed by atoms with Crippen molar-refractivity contribution in [2.75, 3.05) is 18.9 Å². The van der Waals surface area contributed by atoms with E-state index < -0.39 is 18.3 Å². The molecule has 0 fully saturated rings. The zero-order valence-electron chi connectivity index (χ0n) is 18.9. The number of rotatable bonds is 8. The molecular weight excluding hydrogens is 432 g/mol. The van der Waals surface area contributed by atoms with Crippen LogP contribution in [0.3, 0.4) is 0 Å². The monoisotopic (exact) mass is 460 g/mol. The van der Waals surface area contributed by atoms with E-state index in [0.29, 0.717) is 16.8 Å². The maximum Gasteiger partial charge on any atom is 0.407 e. The Morgan fingerprint density at radius 2 is 1.62 bits per heavy atom. The molecule has 0 bridgehead atoms. The van der Waals surface area contributed by atoms with Crippen LogP contribution in [0.2, 0.25) is 0 Å². The smallest absolute Gasteiger partial charge is 0.407 e. The van der Waals surface area contributed by atoms with Gasteiger partial charge in [0.05, 0.1) is 6.10 Å². The molecule has 0 radical (unpaired) electrons. The molecule has 5 N–H and O–H groups in total. The highest BCUT2D eigenvalue weighted by molar-refractivity contribution is 5.99. The number of hydrogen-bond donors (Lipinski definition) is 4. The van der Waals surface area contributed by atoms with Gasteiger partial charge in [-0.15, -0.1) is 0 Å². The number of nitrogen functional groups attached to an aromatic ring is 1. The second-order valence-electron chi connectivity index (χ2n) is 8.46. The van der Waals surface area contributed by atoms with Gasteiger partial charge in [0.2, 0.25) is 0 Å². The first-order valence-electron chi connectivity index (χ1n) is 11.2. The Hall–Kier alpha value is -3.68. The highest BCUT2D eigenvalue weighted by atomic mass is 16.5. The van der Waals surface area contributed by atoms with E-state index in [1.807, 2.05) is 36.4 Å². The van der Waals surface area contributed by atoms with E-state index in [9.17, 15) is 19.8 Å². The van der Waals surface area contributed by atoms with Gasteiger partial charge in [-0.2, -0.15) is 0 Å². The fraction of sp³-hybridized carbons (Fsp3) is 0.259. The molecule has 1 aliphatic rings. The Bertz CT molecular complexity index is 1160. The fourth-order valence-corrected chi connectivity index (χ4v) is 4.41. The summed E-state index contributed by atoms with van der Waals surface area (Å²) < 4.78 is 5.48. The first kappa shape index (κ1) is 23.5. The number of ketones is 1. The number of anilines is 1. The highest BCUT2D eigenvalue weighted by Gasteiger charge is 2.29. The molecule has 0 aromatic heterocycles. The van der Waals surface area contributed by atoms with Crippen LogP contribution in [0.25, 0.3) is 11.1 Å². The molecule has 0 saturated carbocycles. The third-order valence-corrected chi connectivity index (χ3v) is 6.22. The maximum absolute atomic E-state index is 12.3. The Balaban J connectivity index is 1.29. The third-order valence-electron chi connectivity index (χ3n) is 6.22. The number of hydrogen-bond acceptors (Lipinski definition) is 6. The van der Waals surface area contributed by atoms with E-state index in [-0.39, 0.29) is 31.3 Å². The number of Topliss-reactive ketones (excluding diaryl/α,β-unsaturated/α-hetero) is 1. The summed E-state index contributed by atoms with van der Waals surface area (Å²) in [5.41, 5.74) is 11.3. The summed E-state index contributed by atoms with van der Waals surface area (Å²) in [7, 11) is 0. The van der Waals surface area contributed by atoms with Crippen LogP contribution in [0.15, 0.2) is 66.7 Å². The number of carbonyl (C=O) groups is 2. The second-order valence-corrected chi connectivity index (χ2v) is 8.46. The number of aliphatic hydroxyl groups excluding tert-OH is 2. The molecule has 0 spiro atoms. The van der Waals surface area contributed by atoms with Crippen molar-refractivity contribution >= 4 is 17.6 Å². The lowest BCUT2D eigenvalue weighted by Crippen LogP contribution is -2.30. The van der Waals surface area contributed by atoms with Gasteiger partial charge in [-0.25, -0.2) is 4.79 Å². The van der Waals surface area contributed by atoms with E-state index in [0.717, 1.165) is 22.3 Å². The van der Waals surface area contributed by atoms with Gasteiger partial charge in [0.15, 0.2) is 5.78 Å². The normalized spacial score (nSPS) is 14.1. The quantitative estimate of drug-likeness (QED) is 0.300. The summed E-state index contributed by atoms with van der Waals surface area (Å²) in [4.78, 5) is 23.9.